The van der Waals surface area contributed by atoms with Crippen LogP contribution in [0.3, 0.4) is 0 Å². The van der Waals surface area contributed by atoms with E-state index in [2.05, 4.69) is 29.9 Å². The number of hydrogen-bond acceptors (Lipinski definition) is 15. The molecule has 0 fully saturated rings. The number of benzene rings is 4. The first-order valence-electron chi connectivity index (χ1n) is 19.9. The van der Waals surface area contributed by atoms with Crippen molar-refractivity contribution < 1.29 is 38.4 Å². The molecule has 0 spiro atoms. The Morgan fingerprint density at radius 2 is 1.05 bits per heavy atom. The van der Waals surface area contributed by atoms with Crippen LogP contribution in [0.5, 0.6) is 23.5 Å². The molecule has 0 atom stereocenters. The number of hydrogen-bond donors (Lipinski definition) is 2. The number of aromatic nitrogens is 6. The van der Waals surface area contributed by atoms with E-state index in [-0.39, 0.29) is 42.5 Å². The van der Waals surface area contributed by atoms with Gasteiger partial charge in [-0.25, -0.2) is 24.5 Å². The minimum absolute atomic E-state index is 0. The quantitative estimate of drug-likeness (QED) is 0.124. The van der Waals surface area contributed by atoms with Crippen LogP contribution in [0.25, 0.3) is 45.6 Å². The van der Waals surface area contributed by atoms with Crippen LogP contribution >= 0.6 is 35.6 Å². The van der Waals surface area contributed by atoms with Crippen molar-refractivity contribution in [2.45, 2.75) is 72.8 Å². The minimum atomic E-state index is -0.835. The van der Waals surface area contributed by atoms with Crippen LogP contribution in [0.15, 0.2) is 84.9 Å². The van der Waals surface area contributed by atoms with Crippen molar-refractivity contribution in [3.05, 3.63) is 106 Å². The summed E-state index contributed by atoms with van der Waals surface area (Å²) in [4.78, 5) is 53.3. The molecule has 0 unspecified atom stereocenters. The summed E-state index contributed by atoms with van der Waals surface area (Å²) in [6.45, 7) is 13.0. The number of nitrogens with two attached hydrogens (primary N) is 1. The zero-order valence-electron chi connectivity index (χ0n) is 37.4. The molecular formula is C46H51Cl3N8O8. The summed E-state index contributed by atoms with van der Waals surface area (Å²) in [7, 11) is 2.94. The molecule has 0 saturated carbocycles. The summed E-state index contributed by atoms with van der Waals surface area (Å²) in [5.41, 5.74) is 8.10. The smallest absolute Gasteiger partial charge is 0.420 e. The molecule has 0 bridgehead atoms. The Hall–Kier alpha value is -6.33. The molecule has 6 aromatic rings. The van der Waals surface area contributed by atoms with Crippen molar-refractivity contribution in [3.8, 4) is 69.1 Å². The molecule has 2 amide bonds. The summed E-state index contributed by atoms with van der Waals surface area (Å²) in [6.07, 6.45) is -1.67. The summed E-state index contributed by atoms with van der Waals surface area (Å²) in [5, 5.41) is 10.3. The van der Waals surface area contributed by atoms with Gasteiger partial charge in [-0.2, -0.15) is 19.9 Å². The number of phenolic OH excluding ortho intramolecular Hbond substituents is 1. The van der Waals surface area contributed by atoms with Gasteiger partial charge in [0.15, 0.2) is 23.3 Å². The van der Waals surface area contributed by atoms with E-state index in [0.717, 1.165) is 27.3 Å². The highest BCUT2D eigenvalue weighted by Gasteiger charge is 2.31. The summed E-state index contributed by atoms with van der Waals surface area (Å²) in [5.74, 6) is 2.33. The standard InChI is InChI=1S/C29H35ClN4O6.C17H15ClN4O2.ClH/c1-9-38-20-13-11-19(12-14-20)23-31-24(33-25(32-23)37-8)21-16-18(10-15-22(21)30)17-34(26(35)39-28(2,3)4)27(36)40-29(5,6)7;1-24-17-21-15(11-3-5-12(23)6-4-11)20-16(22-17)13-8-10(9-19)2-7-14(13)18;/h10-16H,9,17H2,1-8H3;2-8,23H,9,19H2,1H3;1H. The Morgan fingerprint density at radius 1 is 0.631 bits per heavy atom. The first-order chi connectivity index (χ1) is 30.3. The third kappa shape index (κ3) is 14.6. The lowest BCUT2D eigenvalue weighted by Gasteiger charge is -2.28. The monoisotopic (exact) mass is 948 g/mol. The fourth-order valence-corrected chi connectivity index (χ4v) is 6.01. The first-order valence-corrected chi connectivity index (χ1v) is 20.7. The van der Waals surface area contributed by atoms with Crippen LogP contribution in [0, 0.1) is 0 Å². The van der Waals surface area contributed by atoms with E-state index in [9.17, 15) is 14.7 Å². The van der Waals surface area contributed by atoms with E-state index < -0.39 is 23.4 Å². The normalized spacial score (nSPS) is 11.0. The van der Waals surface area contributed by atoms with Gasteiger partial charge in [0.1, 0.15) is 22.7 Å². The molecule has 0 aliphatic heterocycles. The lowest BCUT2D eigenvalue weighted by atomic mass is 10.1. The van der Waals surface area contributed by atoms with Crippen molar-refractivity contribution in [1.29, 1.82) is 0 Å². The minimum Gasteiger partial charge on any atom is -0.508 e. The maximum atomic E-state index is 13.0. The number of rotatable bonds is 11. The molecule has 6 rings (SSSR count). The Labute approximate surface area is 393 Å². The van der Waals surface area contributed by atoms with Crippen molar-refractivity contribution in [2.75, 3.05) is 20.8 Å². The molecule has 19 heteroatoms. The highest BCUT2D eigenvalue weighted by molar-refractivity contribution is 6.33. The second-order valence-corrected chi connectivity index (χ2v) is 16.6. The molecule has 0 radical (unpaired) electrons. The zero-order chi connectivity index (χ0) is 46.8. The molecule has 4 aromatic carbocycles. The molecule has 344 valence electrons. The molecular weight excluding hydrogens is 899 g/mol. The molecule has 2 heterocycles. The average Bonchev–Trinajstić information content (AvgIpc) is 3.25. The predicted molar refractivity (Wildman–Crippen MR) is 251 cm³/mol. The topological polar surface area (TPSA) is 207 Å². The highest BCUT2D eigenvalue weighted by atomic mass is 35.5. The molecule has 0 aliphatic rings. The average molecular weight is 950 g/mol. The number of aromatic hydroxyl groups is 1. The molecule has 3 N–H and O–H groups in total. The SMILES string of the molecule is CCOc1ccc(-c2nc(OC)nc(-c3cc(CN(C(=O)OC(C)(C)C)C(=O)OC(C)(C)C)ccc3Cl)n2)cc1.COc1nc(-c2ccc(O)cc2)nc(-c2cc(CN)ccc2Cl)n1.Cl. The van der Waals surface area contributed by atoms with Gasteiger partial charge in [0.05, 0.1) is 37.4 Å². The summed E-state index contributed by atoms with van der Waals surface area (Å²) in [6, 6.07) is 24.6. The molecule has 0 aliphatic carbocycles. The number of halogens is 3. The van der Waals surface area contributed by atoms with Crippen LogP contribution in [0.2, 0.25) is 10.0 Å². The van der Waals surface area contributed by atoms with Crippen LogP contribution in [-0.2, 0) is 22.6 Å². The largest absolute Gasteiger partial charge is 0.508 e. The number of ether oxygens (including phenoxy) is 5. The van der Waals surface area contributed by atoms with Gasteiger partial charge < -0.3 is 34.5 Å². The van der Waals surface area contributed by atoms with E-state index in [1.54, 1.807) is 90.1 Å². The van der Waals surface area contributed by atoms with Crippen molar-refractivity contribution in [3.63, 3.8) is 0 Å². The second-order valence-electron chi connectivity index (χ2n) is 15.8. The van der Waals surface area contributed by atoms with E-state index in [1.807, 2.05) is 43.3 Å². The number of methoxy groups -OCH3 is 2. The van der Waals surface area contributed by atoms with Crippen molar-refractivity contribution in [1.82, 2.24) is 34.8 Å². The number of imide groups is 1. The van der Waals surface area contributed by atoms with Gasteiger partial charge >= 0.3 is 24.2 Å². The van der Waals surface area contributed by atoms with Gasteiger partial charge in [0.2, 0.25) is 0 Å². The van der Waals surface area contributed by atoms with E-state index >= 15 is 0 Å². The van der Waals surface area contributed by atoms with Gasteiger partial charge in [0, 0.05) is 28.8 Å². The van der Waals surface area contributed by atoms with Gasteiger partial charge in [0.25, 0.3) is 0 Å². The van der Waals surface area contributed by atoms with Gasteiger partial charge in [-0.1, -0.05) is 35.3 Å². The maximum Gasteiger partial charge on any atom is 0.420 e. The summed E-state index contributed by atoms with van der Waals surface area (Å²) < 4.78 is 27.0. The lowest BCUT2D eigenvalue weighted by molar-refractivity contribution is -0.000265. The molecule has 65 heavy (non-hydrogen) atoms. The molecule has 2 aromatic heterocycles. The maximum absolute atomic E-state index is 13.0. The third-order valence-electron chi connectivity index (χ3n) is 8.49. The third-order valence-corrected chi connectivity index (χ3v) is 9.15. The van der Waals surface area contributed by atoms with Gasteiger partial charge in [-0.15, -0.1) is 12.4 Å². The Morgan fingerprint density at radius 3 is 1.46 bits per heavy atom. The number of carbonyl (C=O) groups is 2. The fraction of sp³-hybridized carbons (Fsp3) is 0.304. The Balaban J connectivity index is 0.000000315. The first kappa shape index (κ1) is 51.3. The second kappa shape index (κ2) is 22.5. The lowest BCUT2D eigenvalue weighted by Crippen LogP contribution is -2.43. The predicted octanol–water partition coefficient (Wildman–Crippen LogP) is 10.4. The summed E-state index contributed by atoms with van der Waals surface area (Å²) >= 11 is 12.8. The number of carbonyl (C=O) groups excluding carboxylic acids is 2. The number of nitrogens with zero attached hydrogens (tertiary/aromatic N) is 7. The zero-order valence-corrected chi connectivity index (χ0v) is 39.7. The van der Waals surface area contributed by atoms with Gasteiger partial charge in [-0.3, -0.25) is 0 Å². The van der Waals surface area contributed by atoms with E-state index in [1.165, 1.54) is 14.2 Å². The van der Waals surface area contributed by atoms with Crippen molar-refractivity contribution >= 4 is 47.8 Å². The number of amides is 2. The molecule has 0 saturated heterocycles. The van der Waals surface area contributed by atoms with E-state index in [4.69, 9.17) is 52.6 Å². The van der Waals surface area contributed by atoms with Crippen LogP contribution < -0.4 is 19.9 Å². The van der Waals surface area contributed by atoms with Crippen LogP contribution in [0.1, 0.15) is 59.6 Å². The van der Waals surface area contributed by atoms with Gasteiger partial charge in [-0.05, 0) is 132 Å². The van der Waals surface area contributed by atoms with Crippen molar-refractivity contribution in [2.24, 2.45) is 5.73 Å². The Bertz CT molecular complexity index is 2540. The molecule has 16 nitrogen and oxygen atoms in total. The number of phenols is 1. The Kier molecular flexibility index (Phi) is 17.8. The van der Waals surface area contributed by atoms with Crippen LogP contribution in [0.4, 0.5) is 9.59 Å². The van der Waals surface area contributed by atoms with Crippen LogP contribution in [-0.4, -0.2) is 84.1 Å². The fourth-order valence-electron chi connectivity index (χ4n) is 5.61. The van der Waals surface area contributed by atoms with E-state index in [0.29, 0.717) is 57.4 Å². The highest BCUT2D eigenvalue weighted by Crippen LogP contribution is 2.32.